The molecule has 0 aliphatic rings. The zero-order valence-electron chi connectivity index (χ0n) is 9.30. The first kappa shape index (κ1) is 11.7. The van der Waals surface area contributed by atoms with E-state index < -0.39 is 5.82 Å². The van der Waals surface area contributed by atoms with Crippen LogP contribution in [0, 0.1) is 12.7 Å². The Labute approximate surface area is 104 Å². The lowest BCUT2D eigenvalue weighted by Gasteiger charge is -2.09. The fraction of sp³-hybridized carbons (Fsp3) is 0.0769. The summed E-state index contributed by atoms with van der Waals surface area (Å²) in [7, 11) is 0. The molecular formula is C13H12ClFN2. The summed E-state index contributed by atoms with van der Waals surface area (Å²) in [5, 5.41) is 3.19. The smallest absolute Gasteiger partial charge is 0.143 e. The molecular weight excluding hydrogens is 239 g/mol. The van der Waals surface area contributed by atoms with Crippen LogP contribution in [0.25, 0.3) is 0 Å². The molecule has 0 radical (unpaired) electrons. The standard InChI is InChI=1S/C13H12ClFN2/c1-8-4-9(16)6-11(5-8)17-10-2-3-12(14)13(15)7-10/h2-7,17H,16H2,1H3. The number of benzene rings is 2. The van der Waals surface area contributed by atoms with Crippen molar-refractivity contribution in [1.82, 2.24) is 0 Å². The van der Waals surface area contributed by atoms with Gasteiger partial charge >= 0.3 is 0 Å². The van der Waals surface area contributed by atoms with Gasteiger partial charge < -0.3 is 11.1 Å². The van der Waals surface area contributed by atoms with Gasteiger partial charge in [0.25, 0.3) is 0 Å². The lowest BCUT2D eigenvalue weighted by atomic mass is 10.2. The SMILES string of the molecule is Cc1cc(N)cc(Nc2ccc(Cl)c(F)c2)c1. The Balaban J connectivity index is 2.28. The Morgan fingerprint density at radius 2 is 1.88 bits per heavy atom. The Morgan fingerprint density at radius 1 is 1.12 bits per heavy atom. The molecule has 0 unspecified atom stereocenters. The van der Waals surface area contributed by atoms with Gasteiger partial charge in [0.05, 0.1) is 5.02 Å². The van der Waals surface area contributed by atoms with E-state index in [2.05, 4.69) is 5.32 Å². The van der Waals surface area contributed by atoms with Crippen LogP contribution in [-0.4, -0.2) is 0 Å². The van der Waals surface area contributed by atoms with Crippen LogP contribution in [0.15, 0.2) is 36.4 Å². The van der Waals surface area contributed by atoms with E-state index in [1.54, 1.807) is 12.1 Å². The molecule has 0 fully saturated rings. The third kappa shape index (κ3) is 2.88. The fourth-order valence-corrected chi connectivity index (χ4v) is 1.74. The largest absolute Gasteiger partial charge is 0.399 e. The molecule has 2 nitrogen and oxygen atoms in total. The molecule has 2 aromatic carbocycles. The summed E-state index contributed by atoms with van der Waals surface area (Å²) in [4.78, 5) is 0. The second-order valence-electron chi connectivity index (χ2n) is 3.89. The van der Waals surface area contributed by atoms with Gasteiger partial charge in [-0.3, -0.25) is 0 Å². The van der Waals surface area contributed by atoms with E-state index in [9.17, 15) is 4.39 Å². The van der Waals surface area contributed by atoms with Crippen molar-refractivity contribution in [3.63, 3.8) is 0 Å². The number of nitrogen functional groups attached to an aromatic ring is 1. The van der Waals surface area contributed by atoms with Crippen LogP contribution in [0.1, 0.15) is 5.56 Å². The van der Waals surface area contributed by atoms with Crippen molar-refractivity contribution < 1.29 is 4.39 Å². The van der Waals surface area contributed by atoms with E-state index in [0.29, 0.717) is 11.4 Å². The normalized spacial score (nSPS) is 10.3. The maximum Gasteiger partial charge on any atom is 0.143 e. The molecule has 0 saturated carbocycles. The van der Waals surface area contributed by atoms with Crippen LogP contribution in [0.5, 0.6) is 0 Å². The number of nitrogens with two attached hydrogens (primary N) is 1. The summed E-state index contributed by atoms with van der Waals surface area (Å²) in [5.74, 6) is -0.447. The van der Waals surface area contributed by atoms with E-state index >= 15 is 0 Å². The number of anilines is 3. The Hall–Kier alpha value is -1.74. The Morgan fingerprint density at radius 3 is 2.53 bits per heavy atom. The number of halogens is 2. The van der Waals surface area contributed by atoms with E-state index in [4.69, 9.17) is 17.3 Å². The first-order valence-electron chi connectivity index (χ1n) is 5.14. The predicted molar refractivity (Wildman–Crippen MR) is 70.3 cm³/mol. The van der Waals surface area contributed by atoms with Crippen LogP contribution >= 0.6 is 11.6 Å². The maximum atomic E-state index is 13.2. The van der Waals surface area contributed by atoms with Gasteiger partial charge in [0.2, 0.25) is 0 Å². The van der Waals surface area contributed by atoms with Gasteiger partial charge in [0.15, 0.2) is 0 Å². The highest BCUT2D eigenvalue weighted by Crippen LogP contribution is 2.24. The predicted octanol–water partition coefficient (Wildman–Crippen LogP) is 4.11. The highest BCUT2D eigenvalue weighted by molar-refractivity contribution is 6.30. The van der Waals surface area contributed by atoms with Crippen LogP contribution in [0.2, 0.25) is 5.02 Å². The van der Waals surface area contributed by atoms with Crippen molar-refractivity contribution >= 4 is 28.7 Å². The van der Waals surface area contributed by atoms with Crippen molar-refractivity contribution in [2.75, 3.05) is 11.1 Å². The molecule has 0 atom stereocenters. The van der Waals surface area contributed by atoms with Gasteiger partial charge in [-0.25, -0.2) is 4.39 Å². The number of hydrogen-bond donors (Lipinski definition) is 2. The van der Waals surface area contributed by atoms with Gasteiger partial charge in [-0.2, -0.15) is 0 Å². The molecule has 0 aliphatic heterocycles. The molecule has 0 bridgehead atoms. The summed E-state index contributed by atoms with van der Waals surface area (Å²) in [6, 6.07) is 10.2. The van der Waals surface area contributed by atoms with Crippen molar-refractivity contribution in [2.24, 2.45) is 0 Å². The summed E-state index contributed by atoms with van der Waals surface area (Å²) in [5.41, 5.74) is 8.90. The van der Waals surface area contributed by atoms with Gasteiger partial charge in [-0.15, -0.1) is 0 Å². The molecule has 0 spiro atoms. The molecule has 0 amide bonds. The molecule has 0 heterocycles. The fourth-order valence-electron chi connectivity index (χ4n) is 1.63. The van der Waals surface area contributed by atoms with Crippen molar-refractivity contribution in [1.29, 1.82) is 0 Å². The molecule has 2 rings (SSSR count). The summed E-state index contributed by atoms with van der Waals surface area (Å²) >= 11 is 5.61. The molecule has 0 saturated heterocycles. The molecule has 17 heavy (non-hydrogen) atoms. The first-order chi connectivity index (χ1) is 8.04. The van der Waals surface area contributed by atoms with Gasteiger partial charge in [-0.05, 0) is 48.9 Å². The highest BCUT2D eigenvalue weighted by Gasteiger charge is 2.02. The maximum absolute atomic E-state index is 13.2. The van der Waals surface area contributed by atoms with Crippen LogP contribution in [-0.2, 0) is 0 Å². The van der Waals surface area contributed by atoms with Crippen LogP contribution in [0.3, 0.4) is 0 Å². The van der Waals surface area contributed by atoms with Crippen molar-refractivity contribution in [2.45, 2.75) is 6.92 Å². The summed E-state index contributed by atoms with van der Waals surface area (Å²) < 4.78 is 13.2. The number of aryl methyl sites for hydroxylation is 1. The average molecular weight is 251 g/mol. The monoisotopic (exact) mass is 250 g/mol. The van der Waals surface area contributed by atoms with E-state index in [1.807, 2.05) is 19.1 Å². The van der Waals surface area contributed by atoms with Crippen LogP contribution in [0.4, 0.5) is 21.5 Å². The van der Waals surface area contributed by atoms with Gasteiger partial charge in [0, 0.05) is 17.1 Å². The quantitative estimate of drug-likeness (QED) is 0.787. The Bertz CT molecular complexity index is 535. The van der Waals surface area contributed by atoms with Gasteiger partial charge in [0.1, 0.15) is 5.82 Å². The number of hydrogen-bond acceptors (Lipinski definition) is 2. The lowest BCUT2D eigenvalue weighted by molar-refractivity contribution is 0.629. The molecule has 88 valence electrons. The minimum absolute atomic E-state index is 0.110. The highest BCUT2D eigenvalue weighted by atomic mass is 35.5. The zero-order valence-corrected chi connectivity index (χ0v) is 10.1. The summed E-state index contributed by atoms with van der Waals surface area (Å²) in [6.45, 7) is 1.95. The average Bonchev–Trinajstić information content (AvgIpc) is 2.22. The third-order valence-corrected chi connectivity index (χ3v) is 2.61. The second-order valence-corrected chi connectivity index (χ2v) is 4.29. The van der Waals surface area contributed by atoms with E-state index in [0.717, 1.165) is 11.3 Å². The van der Waals surface area contributed by atoms with Gasteiger partial charge in [-0.1, -0.05) is 11.6 Å². The van der Waals surface area contributed by atoms with Crippen molar-refractivity contribution in [3.05, 3.63) is 52.8 Å². The zero-order chi connectivity index (χ0) is 12.4. The molecule has 4 heteroatoms. The molecule has 0 aliphatic carbocycles. The topological polar surface area (TPSA) is 38.0 Å². The third-order valence-electron chi connectivity index (χ3n) is 2.31. The van der Waals surface area contributed by atoms with E-state index in [1.165, 1.54) is 12.1 Å². The van der Waals surface area contributed by atoms with E-state index in [-0.39, 0.29) is 5.02 Å². The molecule has 3 N–H and O–H groups in total. The lowest BCUT2D eigenvalue weighted by Crippen LogP contribution is -1.94. The molecule has 0 aromatic heterocycles. The number of nitrogens with one attached hydrogen (secondary N) is 1. The number of rotatable bonds is 2. The Kier molecular flexibility index (Phi) is 3.20. The van der Waals surface area contributed by atoms with Crippen molar-refractivity contribution in [3.8, 4) is 0 Å². The minimum Gasteiger partial charge on any atom is -0.399 e. The van der Waals surface area contributed by atoms with Crippen LogP contribution < -0.4 is 11.1 Å². The first-order valence-corrected chi connectivity index (χ1v) is 5.51. The molecule has 2 aromatic rings. The minimum atomic E-state index is -0.447. The summed E-state index contributed by atoms with van der Waals surface area (Å²) in [6.07, 6.45) is 0. The second kappa shape index (κ2) is 4.63.